The van der Waals surface area contributed by atoms with Crippen LogP contribution in [0.15, 0.2) is 18.2 Å². The van der Waals surface area contributed by atoms with Gasteiger partial charge >= 0.3 is 5.97 Å². The van der Waals surface area contributed by atoms with Crippen molar-refractivity contribution < 1.29 is 9.90 Å². The van der Waals surface area contributed by atoms with Crippen LogP contribution < -0.4 is 5.73 Å². The molecule has 1 aromatic carbocycles. The number of anilines is 1. The summed E-state index contributed by atoms with van der Waals surface area (Å²) >= 11 is 0. The van der Waals surface area contributed by atoms with Gasteiger partial charge < -0.3 is 10.8 Å². The Hall–Kier alpha value is -2.10. The van der Waals surface area contributed by atoms with E-state index in [9.17, 15) is 4.79 Å². The molecule has 0 fully saturated rings. The number of hydrogen-bond acceptors (Lipinski definition) is 3. The summed E-state index contributed by atoms with van der Waals surface area (Å²) in [6.07, 6.45) is 0. The zero-order valence-corrected chi connectivity index (χ0v) is 11.1. The fourth-order valence-corrected chi connectivity index (χ4v) is 1.92. The van der Waals surface area contributed by atoms with Crippen molar-refractivity contribution in [1.29, 1.82) is 0 Å². The molecule has 18 heavy (non-hydrogen) atoms. The quantitative estimate of drug-likeness (QED) is 0.810. The normalized spacial score (nSPS) is 9.78. The molecule has 4 heteroatoms. The highest BCUT2D eigenvalue weighted by Gasteiger charge is 2.16. The van der Waals surface area contributed by atoms with Crippen LogP contribution in [-0.2, 0) is 0 Å². The Labute approximate surface area is 106 Å². The van der Waals surface area contributed by atoms with Gasteiger partial charge in [-0.05, 0) is 25.5 Å². The molecule has 0 aliphatic carbocycles. The molecule has 4 nitrogen and oxygen atoms in total. The van der Waals surface area contributed by atoms with Gasteiger partial charge in [0.1, 0.15) is 5.56 Å². The molecule has 0 aliphatic rings. The Bertz CT molecular complexity index is 592. The number of rotatable bonds is 1. The molecule has 0 spiro atoms. The average molecular weight is 246 g/mol. The van der Waals surface area contributed by atoms with Crippen LogP contribution in [0.2, 0.25) is 0 Å². The summed E-state index contributed by atoms with van der Waals surface area (Å²) in [5.41, 5.74) is 8.42. The zero-order chi connectivity index (χ0) is 13.9. The van der Waals surface area contributed by atoms with Crippen LogP contribution in [0.5, 0.6) is 0 Å². The topological polar surface area (TPSA) is 76.2 Å². The molecule has 1 aromatic heterocycles. The van der Waals surface area contributed by atoms with Crippen molar-refractivity contribution in [3.8, 4) is 0 Å². The van der Waals surface area contributed by atoms with E-state index in [2.05, 4.69) is 4.98 Å². The Balaban J connectivity index is 0.000000771. The predicted molar refractivity (Wildman–Crippen MR) is 73.9 cm³/mol. The number of benzene rings is 1. The van der Waals surface area contributed by atoms with Crippen LogP contribution >= 0.6 is 0 Å². The molecule has 96 valence electrons. The molecule has 2 aromatic rings. The largest absolute Gasteiger partial charge is 0.478 e. The lowest BCUT2D eigenvalue weighted by atomic mass is 10.0. The first-order valence-corrected chi connectivity index (χ1v) is 5.91. The maximum Gasteiger partial charge on any atom is 0.339 e. The van der Waals surface area contributed by atoms with E-state index in [1.54, 1.807) is 6.92 Å². The van der Waals surface area contributed by atoms with Crippen molar-refractivity contribution in [3.63, 3.8) is 0 Å². The fourth-order valence-electron chi connectivity index (χ4n) is 1.92. The van der Waals surface area contributed by atoms with Gasteiger partial charge in [-0.3, -0.25) is 4.98 Å². The minimum atomic E-state index is -1.03. The van der Waals surface area contributed by atoms with Crippen LogP contribution in [0.4, 0.5) is 5.69 Å². The molecular formula is C14H18N2O2. The fraction of sp³-hybridized carbons (Fsp3) is 0.286. The van der Waals surface area contributed by atoms with E-state index in [1.165, 1.54) is 0 Å². The van der Waals surface area contributed by atoms with Gasteiger partial charge in [0.05, 0.1) is 16.9 Å². The van der Waals surface area contributed by atoms with Gasteiger partial charge in [-0.2, -0.15) is 0 Å². The van der Waals surface area contributed by atoms with Gasteiger partial charge in [0.15, 0.2) is 0 Å². The number of fused-ring (bicyclic) bond motifs is 1. The van der Waals surface area contributed by atoms with Gasteiger partial charge in [-0.1, -0.05) is 26.0 Å². The second-order valence-electron chi connectivity index (χ2n) is 3.76. The maximum absolute atomic E-state index is 11.1. The third-order valence-electron chi connectivity index (χ3n) is 2.65. The number of carbonyl (C=O) groups is 1. The number of carboxylic acids is 1. The number of aromatic nitrogens is 1. The summed E-state index contributed by atoms with van der Waals surface area (Å²) in [4.78, 5) is 15.3. The molecule has 0 saturated carbocycles. The van der Waals surface area contributed by atoms with E-state index < -0.39 is 5.97 Å². The van der Waals surface area contributed by atoms with E-state index >= 15 is 0 Å². The second kappa shape index (κ2) is 5.49. The van der Waals surface area contributed by atoms with Gasteiger partial charge in [-0.15, -0.1) is 0 Å². The number of aromatic carboxylic acids is 1. The van der Waals surface area contributed by atoms with Gasteiger partial charge in [0.2, 0.25) is 0 Å². The van der Waals surface area contributed by atoms with Crippen LogP contribution in [0.1, 0.15) is 35.5 Å². The number of pyridine rings is 1. The lowest BCUT2D eigenvalue weighted by molar-refractivity contribution is 0.0697. The SMILES string of the molecule is CC.Cc1nc2cccc(C)c2c(N)c1C(=O)O. The molecule has 0 atom stereocenters. The van der Waals surface area contributed by atoms with Crippen molar-refractivity contribution in [2.75, 3.05) is 5.73 Å². The van der Waals surface area contributed by atoms with Crippen LogP contribution in [-0.4, -0.2) is 16.1 Å². The number of hydrogen-bond donors (Lipinski definition) is 2. The van der Waals surface area contributed by atoms with Crippen molar-refractivity contribution >= 4 is 22.6 Å². The van der Waals surface area contributed by atoms with Crippen molar-refractivity contribution in [3.05, 3.63) is 35.0 Å². The standard InChI is InChI=1S/C12H12N2O2.C2H6/c1-6-4-3-5-8-9(6)11(13)10(12(15)16)7(2)14-8;1-2/h3-5H,1-2H3,(H2,13,14)(H,15,16);1-2H3. The zero-order valence-electron chi connectivity index (χ0n) is 11.1. The molecule has 0 bridgehead atoms. The van der Waals surface area contributed by atoms with E-state index in [0.717, 1.165) is 16.5 Å². The average Bonchev–Trinajstić information content (AvgIpc) is 2.30. The summed E-state index contributed by atoms with van der Waals surface area (Å²) in [6, 6.07) is 5.60. The van der Waals surface area contributed by atoms with Gasteiger partial charge in [0.25, 0.3) is 0 Å². The number of nitrogens with two attached hydrogens (primary N) is 1. The monoisotopic (exact) mass is 246 g/mol. The first-order valence-electron chi connectivity index (χ1n) is 5.91. The molecule has 0 amide bonds. The number of nitrogen functional groups attached to an aromatic ring is 1. The van der Waals surface area contributed by atoms with Crippen molar-refractivity contribution in [2.45, 2.75) is 27.7 Å². The van der Waals surface area contributed by atoms with Crippen LogP contribution in [0.3, 0.4) is 0 Å². The van der Waals surface area contributed by atoms with Crippen molar-refractivity contribution in [1.82, 2.24) is 4.98 Å². The molecule has 3 N–H and O–H groups in total. The Morgan fingerprint density at radius 1 is 1.28 bits per heavy atom. The highest BCUT2D eigenvalue weighted by atomic mass is 16.4. The van der Waals surface area contributed by atoms with Gasteiger partial charge in [0, 0.05) is 5.39 Å². The van der Waals surface area contributed by atoms with Crippen LogP contribution in [0, 0.1) is 13.8 Å². The van der Waals surface area contributed by atoms with Crippen LogP contribution in [0.25, 0.3) is 10.9 Å². The molecular weight excluding hydrogens is 228 g/mol. The number of carboxylic acid groups (broad SMARTS) is 1. The number of aryl methyl sites for hydroxylation is 2. The van der Waals surface area contributed by atoms with E-state index in [1.807, 2.05) is 39.0 Å². The Morgan fingerprint density at radius 3 is 2.44 bits per heavy atom. The predicted octanol–water partition coefficient (Wildman–Crippen LogP) is 3.16. The third kappa shape index (κ3) is 2.27. The lowest BCUT2D eigenvalue weighted by Gasteiger charge is -2.10. The summed E-state index contributed by atoms with van der Waals surface area (Å²) < 4.78 is 0. The lowest BCUT2D eigenvalue weighted by Crippen LogP contribution is -2.08. The minimum absolute atomic E-state index is 0.0989. The summed E-state index contributed by atoms with van der Waals surface area (Å²) in [5, 5.41) is 9.80. The van der Waals surface area contributed by atoms with E-state index in [-0.39, 0.29) is 5.56 Å². The maximum atomic E-state index is 11.1. The van der Waals surface area contributed by atoms with E-state index in [4.69, 9.17) is 10.8 Å². The molecule has 1 heterocycles. The molecule has 0 unspecified atom stereocenters. The molecule has 0 saturated heterocycles. The Kier molecular flexibility index (Phi) is 4.26. The molecule has 0 radical (unpaired) electrons. The Morgan fingerprint density at radius 2 is 1.89 bits per heavy atom. The minimum Gasteiger partial charge on any atom is -0.478 e. The van der Waals surface area contributed by atoms with Gasteiger partial charge in [-0.25, -0.2) is 4.79 Å². The van der Waals surface area contributed by atoms with E-state index in [0.29, 0.717) is 11.4 Å². The second-order valence-corrected chi connectivity index (χ2v) is 3.76. The summed E-state index contributed by atoms with van der Waals surface area (Å²) in [5.74, 6) is -1.03. The number of nitrogens with zero attached hydrogens (tertiary/aromatic N) is 1. The first kappa shape index (κ1) is 14.0. The smallest absolute Gasteiger partial charge is 0.339 e. The summed E-state index contributed by atoms with van der Waals surface area (Å²) in [7, 11) is 0. The third-order valence-corrected chi connectivity index (χ3v) is 2.65. The summed E-state index contributed by atoms with van der Waals surface area (Å²) in [6.45, 7) is 7.54. The molecule has 2 rings (SSSR count). The van der Waals surface area contributed by atoms with Crippen molar-refractivity contribution in [2.24, 2.45) is 0 Å². The highest BCUT2D eigenvalue weighted by Crippen LogP contribution is 2.28. The molecule has 0 aliphatic heterocycles. The highest BCUT2D eigenvalue weighted by molar-refractivity contribution is 6.05. The first-order chi connectivity index (χ1) is 8.52.